The molecule has 0 aromatic rings. The minimum atomic E-state index is -4.81. The SMILES string of the molecule is CC/C=C\C/C=C\C/C=C\C/C=C\C/C=C\C/C=C\CCC(=O)OCC(O)COP(=O)(O)OCC(O)COP(=O)(O)OCC(O)COC(=O)CCCCCCC/C=C\C/C=C\C/C=C\C/C=C\CCCCC. The monoisotopic (exact) mass is 1050 g/mol. The first-order chi connectivity index (χ1) is 34.8. The molecule has 0 heterocycles. The van der Waals surface area contributed by atoms with Crippen molar-refractivity contribution in [3.8, 4) is 0 Å². The minimum Gasteiger partial charge on any atom is -0.463 e. The zero-order chi connectivity index (χ0) is 53.1. The highest BCUT2D eigenvalue weighted by atomic mass is 31.2. The first-order valence-electron chi connectivity index (χ1n) is 25.9. The van der Waals surface area contributed by atoms with E-state index < -0.39 is 85.5 Å². The lowest BCUT2D eigenvalue weighted by Gasteiger charge is -2.19. The summed E-state index contributed by atoms with van der Waals surface area (Å²) in [7, 11) is -9.62. The molecule has 5 unspecified atom stereocenters. The Morgan fingerprint density at radius 1 is 0.375 bits per heavy atom. The van der Waals surface area contributed by atoms with Gasteiger partial charge in [0.1, 0.15) is 31.5 Å². The van der Waals surface area contributed by atoms with Gasteiger partial charge in [-0.25, -0.2) is 9.13 Å². The second-order valence-corrected chi connectivity index (χ2v) is 19.7. The van der Waals surface area contributed by atoms with Crippen LogP contribution in [0.3, 0.4) is 0 Å². The first-order valence-corrected chi connectivity index (χ1v) is 28.9. The standard InChI is InChI=1S/C55H90O15P2/c1-3-5-7-9-11-13-15-17-19-21-23-24-26-28-30-32-34-36-38-40-42-44-55(60)66-46-52(57)48-68-72(63,64)70-50-53(58)49-69-71(61,62)67-47-51(56)45-65-54(59)43-41-39-37-35-33-31-29-27-25-22-20-18-16-14-12-10-8-6-4-2/h6,8,11-14,17-20,23-25,27-28,30-31,33,37,39,51-53,56-58H,3-5,7,9-10,15-16,21-22,26,29,32,34-36,38,40-50H2,1-2H3,(H,61,62)(H,63,64)/b8-6-,13-11-,14-12-,19-17-,20-18-,24-23-,27-25-,30-28-,33-31-,39-37-. The fraction of sp³-hybridized carbons (Fsp3) is 0.600. The third kappa shape index (κ3) is 51.3. The topological polar surface area (TPSA) is 225 Å². The van der Waals surface area contributed by atoms with E-state index >= 15 is 0 Å². The number of carbonyl (C=O) groups excluding carboxylic acids is 2. The maximum absolute atomic E-state index is 12.2. The van der Waals surface area contributed by atoms with Crippen molar-refractivity contribution in [2.45, 2.75) is 173 Å². The molecule has 17 heteroatoms. The van der Waals surface area contributed by atoms with Gasteiger partial charge in [0.05, 0.1) is 26.4 Å². The van der Waals surface area contributed by atoms with Gasteiger partial charge in [-0.2, -0.15) is 0 Å². The Balaban J connectivity index is 3.98. The molecule has 0 spiro atoms. The van der Waals surface area contributed by atoms with Crippen LogP contribution >= 0.6 is 15.6 Å². The summed E-state index contributed by atoms with van der Waals surface area (Å²) in [5, 5.41) is 30.1. The predicted octanol–water partition coefficient (Wildman–Crippen LogP) is 12.6. The molecule has 0 aromatic heterocycles. The number of rotatable bonds is 48. The van der Waals surface area contributed by atoms with E-state index in [4.69, 9.17) is 9.47 Å². The number of phosphoric acid groups is 2. The van der Waals surface area contributed by atoms with E-state index in [1.165, 1.54) is 25.7 Å². The molecule has 0 radical (unpaired) electrons. The van der Waals surface area contributed by atoms with Gasteiger partial charge in [-0.3, -0.25) is 27.7 Å². The van der Waals surface area contributed by atoms with Gasteiger partial charge in [-0.15, -0.1) is 0 Å². The number of allylic oxidation sites excluding steroid dienone is 20. The maximum atomic E-state index is 12.2. The summed E-state index contributed by atoms with van der Waals surface area (Å²) >= 11 is 0. The zero-order valence-electron chi connectivity index (χ0n) is 43.3. The Bertz CT molecular complexity index is 1750. The van der Waals surface area contributed by atoms with E-state index in [9.17, 15) is 43.8 Å². The molecule has 5 atom stereocenters. The molecule has 0 saturated heterocycles. The molecule has 0 rings (SSSR count). The lowest BCUT2D eigenvalue weighted by Crippen LogP contribution is -2.25. The van der Waals surface area contributed by atoms with E-state index in [1.54, 1.807) is 0 Å². The van der Waals surface area contributed by atoms with Crippen LogP contribution in [-0.4, -0.2) is 95.0 Å². The van der Waals surface area contributed by atoms with Crippen molar-refractivity contribution < 1.29 is 71.4 Å². The lowest BCUT2D eigenvalue weighted by molar-refractivity contribution is -0.148. The number of aliphatic hydroxyl groups is 3. The molecule has 15 nitrogen and oxygen atoms in total. The highest BCUT2D eigenvalue weighted by Gasteiger charge is 2.28. The third-order valence-electron chi connectivity index (χ3n) is 9.91. The van der Waals surface area contributed by atoms with Crippen molar-refractivity contribution in [3.63, 3.8) is 0 Å². The summed E-state index contributed by atoms with van der Waals surface area (Å²) in [6.45, 7) is 0.140. The van der Waals surface area contributed by atoms with Gasteiger partial charge in [0.25, 0.3) is 0 Å². The summed E-state index contributed by atoms with van der Waals surface area (Å²) in [5.74, 6) is -1.10. The van der Waals surface area contributed by atoms with Gasteiger partial charge in [-0.1, -0.05) is 167 Å². The Hall–Kier alpha value is -3.56. The normalized spacial score (nSPS) is 15.8. The van der Waals surface area contributed by atoms with Gasteiger partial charge < -0.3 is 34.6 Å². The van der Waals surface area contributed by atoms with Crippen LogP contribution < -0.4 is 0 Å². The lowest BCUT2D eigenvalue weighted by atomic mass is 10.1. The largest absolute Gasteiger partial charge is 0.472 e. The van der Waals surface area contributed by atoms with Crippen molar-refractivity contribution in [1.82, 2.24) is 0 Å². The summed E-state index contributed by atoms with van der Waals surface area (Å²) < 4.78 is 53.0. The predicted molar refractivity (Wildman–Crippen MR) is 288 cm³/mol. The van der Waals surface area contributed by atoms with Gasteiger partial charge in [-0.05, 0) is 96.3 Å². The average molecular weight is 1050 g/mol. The molecule has 0 amide bonds. The van der Waals surface area contributed by atoms with Crippen LogP contribution in [0.1, 0.15) is 155 Å². The molecule has 0 bridgehead atoms. The van der Waals surface area contributed by atoms with Crippen molar-refractivity contribution in [2.75, 3.05) is 39.6 Å². The van der Waals surface area contributed by atoms with Crippen molar-refractivity contribution >= 4 is 27.6 Å². The van der Waals surface area contributed by atoms with Gasteiger partial charge >= 0.3 is 27.6 Å². The van der Waals surface area contributed by atoms with Crippen LogP contribution in [0.2, 0.25) is 0 Å². The Labute approximate surface area is 432 Å². The number of hydrogen-bond acceptors (Lipinski definition) is 13. The molecular weight excluding hydrogens is 963 g/mol. The van der Waals surface area contributed by atoms with E-state index in [0.29, 0.717) is 19.3 Å². The molecule has 0 fully saturated rings. The van der Waals surface area contributed by atoms with Crippen molar-refractivity contribution in [2.24, 2.45) is 0 Å². The molecule has 0 saturated carbocycles. The summed E-state index contributed by atoms with van der Waals surface area (Å²) in [5.41, 5.74) is 0. The highest BCUT2D eigenvalue weighted by molar-refractivity contribution is 7.47. The molecule has 0 aliphatic carbocycles. The maximum Gasteiger partial charge on any atom is 0.472 e. The zero-order valence-corrected chi connectivity index (χ0v) is 45.1. The highest BCUT2D eigenvalue weighted by Crippen LogP contribution is 2.45. The fourth-order valence-corrected chi connectivity index (χ4v) is 7.52. The molecule has 0 aliphatic heterocycles. The molecule has 410 valence electrons. The fourth-order valence-electron chi connectivity index (χ4n) is 5.93. The van der Waals surface area contributed by atoms with Crippen LogP contribution in [0, 0.1) is 0 Å². The summed E-state index contributed by atoms with van der Waals surface area (Å²) in [6.07, 6.45) is 57.6. The van der Waals surface area contributed by atoms with Gasteiger partial charge in [0, 0.05) is 12.8 Å². The van der Waals surface area contributed by atoms with E-state index in [2.05, 4.69) is 135 Å². The summed E-state index contributed by atoms with van der Waals surface area (Å²) in [4.78, 5) is 43.8. The first kappa shape index (κ1) is 68.4. The average Bonchev–Trinajstić information content (AvgIpc) is 3.36. The van der Waals surface area contributed by atoms with Crippen LogP contribution in [0.15, 0.2) is 122 Å². The molecule has 0 aromatic carbocycles. The van der Waals surface area contributed by atoms with Crippen LogP contribution in [-0.2, 0) is 46.3 Å². The van der Waals surface area contributed by atoms with Gasteiger partial charge in [0.2, 0.25) is 0 Å². The van der Waals surface area contributed by atoms with Crippen LogP contribution in [0.5, 0.6) is 0 Å². The molecular formula is C55H90O15P2. The van der Waals surface area contributed by atoms with E-state index in [-0.39, 0.29) is 12.8 Å². The van der Waals surface area contributed by atoms with Crippen LogP contribution in [0.25, 0.3) is 0 Å². The Kier molecular flexibility index (Phi) is 47.2. The molecule has 72 heavy (non-hydrogen) atoms. The third-order valence-corrected chi connectivity index (χ3v) is 11.8. The molecule has 0 aliphatic rings. The van der Waals surface area contributed by atoms with Crippen molar-refractivity contribution in [1.29, 1.82) is 0 Å². The minimum absolute atomic E-state index is 0.0645. The van der Waals surface area contributed by atoms with Crippen molar-refractivity contribution in [3.05, 3.63) is 122 Å². The number of phosphoric ester groups is 2. The quantitative estimate of drug-likeness (QED) is 0.0165. The molecule has 5 N–H and O–H groups in total. The summed E-state index contributed by atoms with van der Waals surface area (Å²) in [6, 6.07) is 0. The van der Waals surface area contributed by atoms with Crippen LogP contribution in [0.4, 0.5) is 0 Å². The number of ether oxygens (including phenoxy) is 2. The number of carbonyl (C=O) groups is 2. The van der Waals surface area contributed by atoms with E-state index in [1.807, 2.05) is 18.2 Å². The number of hydrogen-bond donors (Lipinski definition) is 5. The van der Waals surface area contributed by atoms with E-state index in [0.717, 1.165) is 83.5 Å². The smallest absolute Gasteiger partial charge is 0.463 e. The number of aliphatic hydroxyl groups excluding tert-OH is 3. The Morgan fingerprint density at radius 2 is 0.667 bits per heavy atom. The number of esters is 2. The number of unbranched alkanes of at least 4 members (excludes halogenated alkanes) is 8. The van der Waals surface area contributed by atoms with Gasteiger partial charge in [0.15, 0.2) is 0 Å². The Morgan fingerprint density at radius 3 is 1.04 bits per heavy atom. The second-order valence-electron chi connectivity index (χ2n) is 16.8. The second kappa shape index (κ2) is 49.6.